The van der Waals surface area contributed by atoms with E-state index in [-0.39, 0.29) is 12.7 Å². The Kier molecular flexibility index (Phi) is 3.95. The van der Waals surface area contributed by atoms with E-state index in [9.17, 15) is 4.79 Å². The zero-order valence-electron chi connectivity index (χ0n) is 12.9. The Morgan fingerprint density at radius 1 is 1.29 bits per heavy atom. The number of nitrogens with one attached hydrogen (secondary N) is 1. The highest BCUT2D eigenvalue weighted by Crippen LogP contribution is 2.38. The molecule has 0 saturated carbocycles. The Hall–Kier alpha value is -2.38. The van der Waals surface area contributed by atoms with Gasteiger partial charge in [0.05, 0.1) is 12.1 Å². The Morgan fingerprint density at radius 2 is 2.17 bits per heavy atom. The van der Waals surface area contributed by atoms with Crippen molar-refractivity contribution in [1.82, 2.24) is 4.98 Å². The van der Waals surface area contributed by atoms with Gasteiger partial charge in [-0.1, -0.05) is 6.07 Å². The topological polar surface area (TPSA) is 60.5 Å². The van der Waals surface area contributed by atoms with Crippen LogP contribution in [0.5, 0.6) is 11.5 Å². The first-order chi connectivity index (χ1) is 11.7. The van der Waals surface area contributed by atoms with Gasteiger partial charge in [-0.25, -0.2) is 4.98 Å². The number of aromatic nitrogens is 1. The summed E-state index contributed by atoms with van der Waals surface area (Å²) < 4.78 is 10.7. The van der Waals surface area contributed by atoms with Gasteiger partial charge >= 0.3 is 0 Å². The molecule has 1 N–H and O–H groups in total. The van der Waals surface area contributed by atoms with Crippen LogP contribution < -0.4 is 14.8 Å². The molecule has 0 aliphatic carbocycles. The molecule has 3 heterocycles. The van der Waals surface area contributed by atoms with Crippen molar-refractivity contribution in [2.45, 2.75) is 13.3 Å². The van der Waals surface area contributed by atoms with E-state index in [2.05, 4.69) is 10.3 Å². The number of anilines is 1. The largest absolute Gasteiger partial charge is 0.454 e. The molecular weight excluding hydrogens is 344 g/mol. The monoisotopic (exact) mass is 358 g/mol. The summed E-state index contributed by atoms with van der Waals surface area (Å²) in [6, 6.07) is 9.65. The summed E-state index contributed by atoms with van der Waals surface area (Å²) in [6.07, 6.45) is 0.371. The minimum absolute atomic E-state index is 0.0524. The number of benzene rings is 1. The molecule has 0 bridgehead atoms. The van der Waals surface area contributed by atoms with E-state index in [1.54, 1.807) is 11.3 Å². The quantitative estimate of drug-likeness (QED) is 0.763. The fraction of sp³-hybridized carbons (Fsp3) is 0.176. The van der Waals surface area contributed by atoms with Crippen LogP contribution in [0.1, 0.15) is 9.75 Å². The first-order valence-corrected chi connectivity index (χ1v) is 9.08. The van der Waals surface area contributed by atoms with Crippen molar-refractivity contribution in [3.8, 4) is 22.8 Å². The average molecular weight is 358 g/mol. The maximum Gasteiger partial charge on any atom is 0.231 e. The number of ether oxygens (including phenoxy) is 2. The molecule has 2 aromatic heterocycles. The Balaban J connectivity index is 1.53. The summed E-state index contributed by atoms with van der Waals surface area (Å²) in [7, 11) is 0. The van der Waals surface area contributed by atoms with E-state index in [0.29, 0.717) is 11.6 Å². The van der Waals surface area contributed by atoms with Crippen LogP contribution >= 0.6 is 22.7 Å². The molecule has 24 heavy (non-hydrogen) atoms. The highest BCUT2D eigenvalue weighted by molar-refractivity contribution is 7.16. The molecule has 0 saturated heterocycles. The zero-order chi connectivity index (χ0) is 16.5. The zero-order valence-corrected chi connectivity index (χ0v) is 14.5. The van der Waals surface area contributed by atoms with E-state index in [1.807, 2.05) is 42.6 Å². The van der Waals surface area contributed by atoms with Crippen molar-refractivity contribution in [2.75, 3.05) is 12.1 Å². The lowest BCUT2D eigenvalue weighted by atomic mass is 10.1. The van der Waals surface area contributed by atoms with Crippen LogP contribution in [-0.2, 0) is 11.2 Å². The second-order valence-corrected chi connectivity index (χ2v) is 7.53. The Bertz CT molecular complexity index is 887. The number of carbonyl (C=O) groups excluding carboxylic acids is 1. The molecule has 1 aliphatic heterocycles. The van der Waals surface area contributed by atoms with Gasteiger partial charge in [-0.05, 0) is 36.6 Å². The standard InChI is InChI=1S/C17H14N2O3S2/c1-10-16(11-4-5-13-14(7-11)22-9-21-13)19-17(24-10)18-15(20)8-12-3-2-6-23-12/h2-7H,8-9H2,1H3,(H,18,19,20). The van der Waals surface area contributed by atoms with Crippen molar-refractivity contribution in [2.24, 2.45) is 0 Å². The van der Waals surface area contributed by atoms with E-state index in [1.165, 1.54) is 11.3 Å². The molecule has 0 spiro atoms. The molecule has 0 unspecified atom stereocenters. The van der Waals surface area contributed by atoms with Crippen LogP contribution in [0.15, 0.2) is 35.7 Å². The Labute approximate surface area is 146 Å². The second kappa shape index (κ2) is 6.26. The van der Waals surface area contributed by atoms with Gasteiger partial charge in [0.1, 0.15) is 0 Å². The van der Waals surface area contributed by atoms with Crippen LogP contribution in [-0.4, -0.2) is 17.7 Å². The summed E-state index contributed by atoms with van der Waals surface area (Å²) in [5, 5.41) is 5.46. The number of fused-ring (bicyclic) bond motifs is 1. The predicted octanol–water partition coefficient (Wildman–Crippen LogP) is 4.09. The number of hydrogen-bond donors (Lipinski definition) is 1. The molecule has 1 aromatic carbocycles. The van der Waals surface area contributed by atoms with Crippen LogP contribution in [0.3, 0.4) is 0 Å². The lowest BCUT2D eigenvalue weighted by Gasteiger charge is -2.01. The number of amides is 1. The van der Waals surface area contributed by atoms with Gasteiger partial charge in [-0.15, -0.1) is 22.7 Å². The number of nitrogens with zero attached hydrogens (tertiary/aromatic N) is 1. The molecule has 3 aromatic rings. The van der Waals surface area contributed by atoms with Crippen molar-refractivity contribution >= 4 is 33.7 Å². The summed E-state index contributed by atoms with van der Waals surface area (Å²) >= 11 is 3.05. The van der Waals surface area contributed by atoms with Gasteiger partial charge in [-0.2, -0.15) is 0 Å². The number of aryl methyl sites for hydroxylation is 1. The lowest BCUT2D eigenvalue weighted by molar-refractivity contribution is -0.115. The number of hydrogen-bond acceptors (Lipinski definition) is 6. The van der Waals surface area contributed by atoms with Crippen molar-refractivity contribution in [3.63, 3.8) is 0 Å². The van der Waals surface area contributed by atoms with Crippen molar-refractivity contribution in [3.05, 3.63) is 45.5 Å². The highest BCUT2D eigenvalue weighted by Gasteiger charge is 2.17. The van der Waals surface area contributed by atoms with Crippen LogP contribution in [0, 0.1) is 6.92 Å². The van der Waals surface area contributed by atoms with Gasteiger partial charge in [0.15, 0.2) is 16.6 Å². The molecule has 122 valence electrons. The van der Waals surface area contributed by atoms with E-state index >= 15 is 0 Å². The molecule has 5 nitrogen and oxygen atoms in total. The third-order valence-electron chi connectivity index (χ3n) is 3.60. The third-order valence-corrected chi connectivity index (χ3v) is 5.37. The first-order valence-electron chi connectivity index (χ1n) is 7.39. The van der Waals surface area contributed by atoms with Crippen molar-refractivity contribution < 1.29 is 14.3 Å². The normalized spacial score (nSPS) is 12.4. The molecule has 4 rings (SSSR count). The summed E-state index contributed by atoms with van der Waals surface area (Å²) in [5.74, 6) is 1.42. The predicted molar refractivity (Wildman–Crippen MR) is 95.1 cm³/mol. The first kappa shape index (κ1) is 15.2. The second-order valence-electron chi connectivity index (χ2n) is 5.30. The van der Waals surface area contributed by atoms with Gasteiger partial charge in [-0.3, -0.25) is 4.79 Å². The van der Waals surface area contributed by atoms with E-state index < -0.39 is 0 Å². The highest BCUT2D eigenvalue weighted by atomic mass is 32.1. The number of carbonyl (C=O) groups is 1. The van der Waals surface area contributed by atoms with Gasteiger partial charge in [0.25, 0.3) is 0 Å². The smallest absolute Gasteiger partial charge is 0.231 e. The molecule has 0 radical (unpaired) electrons. The van der Waals surface area contributed by atoms with Gasteiger partial charge in [0, 0.05) is 15.3 Å². The summed E-state index contributed by atoms with van der Waals surface area (Å²) in [4.78, 5) is 18.8. The molecule has 1 amide bonds. The molecular formula is C17H14N2O3S2. The van der Waals surface area contributed by atoms with E-state index in [4.69, 9.17) is 9.47 Å². The average Bonchev–Trinajstić information content (AvgIpc) is 3.27. The fourth-order valence-electron chi connectivity index (χ4n) is 2.50. The minimum atomic E-state index is -0.0524. The fourth-order valence-corrected chi connectivity index (χ4v) is 4.05. The van der Waals surface area contributed by atoms with E-state index in [0.717, 1.165) is 32.5 Å². The molecule has 0 fully saturated rings. The Morgan fingerprint density at radius 3 is 3.00 bits per heavy atom. The minimum Gasteiger partial charge on any atom is -0.454 e. The maximum absolute atomic E-state index is 12.1. The molecule has 1 aliphatic rings. The summed E-state index contributed by atoms with van der Waals surface area (Å²) in [6.45, 7) is 2.24. The van der Waals surface area contributed by atoms with Crippen LogP contribution in [0.2, 0.25) is 0 Å². The molecule has 7 heteroatoms. The van der Waals surface area contributed by atoms with Crippen molar-refractivity contribution in [1.29, 1.82) is 0 Å². The molecule has 0 atom stereocenters. The lowest BCUT2D eigenvalue weighted by Crippen LogP contribution is -2.13. The van der Waals surface area contributed by atoms with Crippen LogP contribution in [0.25, 0.3) is 11.3 Å². The van der Waals surface area contributed by atoms with Crippen LogP contribution in [0.4, 0.5) is 5.13 Å². The third kappa shape index (κ3) is 3.00. The maximum atomic E-state index is 12.1. The number of thiophene rings is 1. The number of rotatable bonds is 4. The van der Waals surface area contributed by atoms with Gasteiger partial charge < -0.3 is 14.8 Å². The SMILES string of the molecule is Cc1sc(NC(=O)Cc2cccs2)nc1-c1ccc2c(c1)OCO2. The number of thiazole rings is 1. The summed E-state index contributed by atoms with van der Waals surface area (Å²) in [5.41, 5.74) is 1.80. The van der Waals surface area contributed by atoms with Gasteiger partial charge in [0.2, 0.25) is 12.7 Å².